The van der Waals surface area contributed by atoms with Crippen LogP contribution in [0.5, 0.6) is 0 Å². The van der Waals surface area contributed by atoms with Crippen molar-refractivity contribution in [2.75, 3.05) is 13.7 Å². The second kappa shape index (κ2) is 4.74. The van der Waals surface area contributed by atoms with Gasteiger partial charge in [0.25, 0.3) is 0 Å². The van der Waals surface area contributed by atoms with E-state index in [1.165, 1.54) is 32.8 Å². The molecule has 0 aromatic heterocycles. The Kier molecular flexibility index (Phi) is 3.53. The quantitative estimate of drug-likeness (QED) is 0.728. The molecule has 2 saturated carbocycles. The standard InChI is InChI=1S/C13H23NO2/c1-3-6-14-13(9-12(15)16-2)8-10-4-5-11(13)7-10/h10-11,14H,3-9H2,1-2H3. The summed E-state index contributed by atoms with van der Waals surface area (Å²) in [6, 6.07) is 0. The second-order valence-corrected chi connectivity index (χ2v) is 5.42. The molecule has 0 aromatic carbocycles. The molecule has 0 radical (unpaired) electrons. The number of carbonyl (C=O) groups is 1. The molecule has 0 spiro atoms. The van der Waals surface area contributed by atoms with Crippen LogP contribution in [0.15, 0.2) is 0 Å². The second-order valence-electron chi connectivity index (χ2n) is 5.42. The Labute approximate surface area is 97.9 Å². The Morgan fingerprint density at radius 3 is 2.81 bits per heavy atom. The first-order valence-corrected chi connectivity index (χ1v) is 6.52. The first-order valence-electron chi connectivity index (χ1n) is 6.52. The van der Waals surface area contributed by atoms with Crippen LogP contribution in [-0.4, -0.2) is 25.2 Å². The van der Waals surface area contributed by atoms with Crippen LogP contribution in [0.25, 0.3) is 0 Å². The van der Waals surface area contributed by atoms with Crippen LogP contribution in [0, 0.1) is 11.8 Å². The summed E-state index contributed by atoms with van der Waals surface area (Å²) in [5.41, 5.74) is 0.0615. The van der Waals surface area contributed by atoms with Crippen LogP contribution < -0.4 is 5.32 Å². The van der Waals surface area contributed by atoms with E-state index in [4.69, 9.17) is 4.74 Å². The molecule has 3 nitrogen and oxygen atoms in total. The van der Waals surface area contributed by atoms with Crippen LogP contribution in [0.1, 0.15) is 45.4 Å². The van der Waals surface area contributed by atoms with Gasteiger partial charge in [-0.1, -0.05) is 13.3 Å². The van der Waals surface area contributed by atoms with Gasteiger partial charge >= 0.3 is 5.97 Å². The van der Waals surface area contributed by atoms with Gasteiger partial charge in [-0.3, -0.25) is 4.79 Å². The van der Waals surface area contributed by atoms with Gasteiger partial charge in [-0.15, -0.1) is 0 Å². The average molecular weight is 225 g/mol. The molecule has 2 fully saturated rings. The Bertz CT molecular complexity index is 267. The van der Waals surface area contributed by atoms with Crippen molar-refractivity contribution >= 4 is 5.97 Å². The van der Waals surface area contributed by atoms with E-state index in [1.54, 1.807) is 0 Å². The lowest BCUT2D eigenvalue weighted by Crippen LogP contribution is -2.51. The van der Waals surface area contributed by atoms with Gasteiger partial charge in [0.15, 0.2) is 0 Å². The average Bonchev–Trinajstić information content (AvgIpc) is 2.86. The van der Waals surface area contributed by atoms with Gasteiger partial charge in [-0.2, -0.15) is 0 Å². The number of hydrogen-bond donors (Lipinski definition) is 1. The Hall–Kier alpha value is -0.570. The van der Waals surface area contributed by atoms with Gasteiger partial charge < -0.3 is 10.1 Å². The fourth-order valence-electron chi connectivity index (χ4n) is 3.64. The SMILES string of the molecule is CCCNC1(CC(=O)OC)CC2CCC1C2. The molecule has 92 valence electrons. The summed E-state index contributed by atoms with van der Waals surface area (Å²) in [5.74, 6) is 1.48. The van der Waals surface area contributed by atoms with Crippen LogP contribution in [-0.2, 0) is 9.53 Å². The van der Waals surface area contributed by atoms with Crippen molar-refractivity contribution < 1.29 is 9.53 Å². The first kappa shape index (κ1) is 11.9. The topological polar surface area (TPSA) is 38.3 Å². The van der Waals surface area contributed by atoms with Crippen molar-refractivity contribution in [2.45, 2.75) is 51.0 Å². The van der Waals surface area contributed by atoms with Crippen LogP contribution in [0.2, 0.25) is 0 Å². The lowest BCUT2D eigenvalue weighted by Gasteiger charge is -2.38. The van der Waals surface area contributed by atoms with Gasteiger partial charge in [-0.25, -0.2) is 0 Å². The number of rotatable bonds is 5. The molecule has 0 saturated heterocycles. The molecule has 3 unspecified atom stereocenters. The van der Waals surface area contributed by atoms with Gasteiger partial charge in [0, 0.05) is 5.54 Å². The molecule has 3 heteroatoms. The van der Waals surface area contributed by atoms with Gasteiger partial charge in [0.05, 0.1) is 13.5 Å². The monoisotopic (exact) mass is 225 g/mol. The molecule has 3 atom stereocenters. The molecule has 2 rings (SSSR count). The number of nitrogens with one attached hydrogen (secondary N) is 1. The van der Waals surface area contributed by atoms with E-state index in [0.29, 0.717) is 12.3 Å². The normalized spacial score (nSPS) is 36.6. The smallest absolute Gasteiger partial charge is 0.307 e. The summed E-state index contributed by atoms with van der Waals surface area (Å²) in [4.78, 5) is 11.6. The number of fused-ring (bicyclic) bond motifs is 2. The Balaban J connectivity index is 2.04. The van der Waals surface area contributed by atoms with Crippen molar-refractivity contribution in [3.05, 3.63) is 0 Å². The van der Waals surface area contributed by atoms with Crippen molar-refractivity contribution in [2.24, 2.45) is 11.8 Å². The summed E-state index contributed by atoms with van der Waals surface area (Å²) in [7, 11) is 1.49. The van der Waals surface area contributed by atoms with Crippen LogP contribution in [0.4, 0.5) is 0 Å². The van der Waals surface area contributed by atoms with E-state index >= 15 is 0 Å². The highest BCUT2D eigenvalue weighted by Crippen LogP contribution is 2.52. The summed E-state index contributed by atoms with van der Waals surface area (Å²) >= 11 is 0. The fraction of sp³-hybridized carbons (Fsp3) is 0.923. The highest BCUT2D eigenvalue weighted by molar-refractivity contribution is 5.71. The zero-order valence-corrected chi connectivity index (χ0v) is 10.4. The molecule has 0 aromatic rings. The van der Waals surface area contributed by atoms with Crippen molar-refractivity contribution in [3.8, 4) is 0 Å². The molecule has 0 aliphatic heterocycles. The maximum Gasteiger partial charge on any atom is 0.307 e. The summed E-state index contributed by atoms with van der Waals surface area (Å²) in [5, 5.41) is 3.64. The lowest BCUT2D eigenvalue weighted by atomic mass is 9.78. The minimum Gasteiger partial charge on any atom is -0.469 e. The maximum absolute atomic E-state index is 11.6. The van der Waals surface area contributed by atoms with E-state index in [2.05, 4.69) is 12.2 Å². The number of ether oxygens (including phenoxy) is 1. The predicted molar refractivity (Wildman–Crippen MR) is 63.1 cm³/mol. The number of hydrogen-bond acceptors (Lipinski definition) is 3. The van der Waals surface area contributed by atoms with E-state index in [0.717, 1.165) is 18.9 Å². The molecule has 0 heterocycles. The molecular formula is C13H23NO2. The third-order valence-electron chi connectivity index (χ3n) is 4.39. The van der Waals surface area contributed by atoms with E-state index in [1.807, 2.05) is 0 Å². The van der Waals surface area contributed by atoms with E-state index < -0.39 is 0 Å². The predicted octanol–water partition coefficient (Wildman–Crippen LogP) is 2.11. The minimum absolute atomic E-state index is 0.0591. The Morgan fingerprint density at radius 2 is 2.31 bits per heavy atom. The minimum atomic E-state index is -0.0591. The fourth-order valence-corrected chi connectivity index (χ4v) is 3.64. The third kappa shape index (κ3) is 2.10. The number of carbonyl (C=O) groups excluding carboxylic acids is 1. The lowest BCUT2D eigenvalue weighted by molar-refractivity contribution is -0.143. The van der Waals surface area contributed by atoms with Crippen molar-refractivity contribution in [1.82, 2.24) is 5.32 Å². The third-order valence-corrected chi connectivity index (χ3v) is 4.39. The van der Waals surface area contributed by atoms with Crippen LogP contribution >= 0.6 is 0 Å². The summed E-state index contributed by atoms with van der Waals surface area (Å²) in [6.45, 7) is 3.19. The first-order chi connectivity index (χ1) is 7.70. The molecule has 2 bridgehead atoms. The highest BCUT2D eigenvalue weighted by Gasteiger charge is 2.51. The van der Waals surface area contributed by atoms with E-state index in [-0.39, 0.29) is 11.5 Å². The molecule has 1 N–H and O–H groups in total. The van der Waals surface area contributed by atoms with Crippen LogP contribution in [0.3, 0.4) is 0 Å². The maximum atomic E-state index is 11.6. The zero-order chi connectivity index (χ0) is 11.6. The number of esters is 1. The largest absolute Gasteiger partial charge is 0.469 e. The summed E-state index contributed by atoms with van der Waals surface area (Å²) < 4.78 is 4.85. The Morgan fingerprint density at radius 1 is 1.50 bits per heavy atom. The molecule has 16 heavy (non-hydrogen) atoms. The number of methoxy groups -OCH3 is 1. The van der Waals surface area contributed by atoms with E-state index in [9.17, 15) is 4.79 Å². The van der Waals surface area contributed by atoms with Crippen molar-refractivity contribution in [1.29, 1.82) is 0 Å². The molecule has 2 aliphatic rings. The summed E-state index contributed by atoms with van der Waals surface area (Å²) in [6.07, 6.45) is 6.82. The highest BCUT2D eigenvalue weighted by atomic mass is 16.5. The van der Waals surface area contributed by atoms with Gasteiger partial charge in [0.2, 0.25) is 0 Å². The van der Waals surface area contributed by atoms with Crippen molar-refractivity contribution in [3.63, 3.8) is 0 Å². The molecule has 2 aliphatic carbocycles. The van der Waals surface area contributed by atoms with Gasteiger partial charge in [-0.05, 0) is 44.1 Å². The molecular weight excluding hydrogens is 202 g/mol. The van der Waals surface area contributed by atoms with Gasteiger partial charge in [0.1, 0.15) is 0 Å². The molecule has 0 amide bonds. The zero-order valence-electron chi connectivity index (χ0n) is 10.4.